The lowest BCUT2D eigenvalue weighted by atomic mass is 9.96. The van der Waals surface area contributed by atoms with Crippen LogP contribution < -0.4 is 14.9 Å². The highest BCUT2D eigenvalue weighted by Gasteiger charge is 2.14. The predicted molar refractivity (Wildman–Crippen MR) is 141 cm³/mol. The van der Waals surface area contributed by atoms with Crippen LogP contribution in [0.5, 0.6) is 11.5 Å². The number of rotatable bonds is 6. The fourth-order valence-corrected chi connectivity index (χ4v) is 3.66. The molecule has 2 radical (unpaired) electrons. The van der Waals surface area contributed by atoms with Gasteiger partial charge in [0.05, 0.1) is 22.5 Å². The van der Waals surface area contributed by atoms with Crippen molar-refractivity contribution in [1.29, 1.82) is 0 Å². The van der Waals surface area contributed by atoms with Gasteiger partial charge in [0, 0.05) is 29.6 Å². The van der Waals surface area contributed by atoms with Crippen molar-refractivity contribution < 1.29 is 19.1 Å². The summed E-state index contributed by atoms with van der Waals surface area (Å²) >= 11 is 0. The van der Waals surface area contributed by atoms with Crippen molar-refractivity contribution in [3.8, 4) is 34.0 Å². The van der Waals surface area contributed by atoms with E-state index in [-0.39, 0.29) is 17.0 Å². The van der Waals surface area contributed by atoms with Gasteiger partial charge >= 0.3 is 11.9 Å². The number of aromatic nitrogens is 2. The van der Waals surface area contributed by atoms with Gasteiger partial charge in [0.15, 0.2) is 0 Å². The van der Waals surface area contributed by atoms with E-state index in [1.54, 1.807) is 60.9 Å². The maximum Gasteiger partial charge on any atom is 0.343 e. The van der Waals surface area contributed by atoms with Crippen LogP contribution in [0.15, 0.2) is 116 Å². The molecule has 0 saturated heterocycles. The van der Waals surface area contributed by atoms with Crippen LogP contribution in [0, 0.1) is 0 Å². The molecule has 2 aromatic heterocycles. The van der Waals surface area contributed by atoms with Crippen LogP contribution in [0.2, 0.25) is 0 Å². The summed E-state index contributed by atoms with van der Waals surface area (Å²) in [6.45, 7) is 0. The number of hydrogen-bond donors (Lipinski definition) is 0. The summed E-state index contributed by atoms with van der Waals surface area (Å²) in [4.78, 5) is 34.0. The molecule has 0 bridgehead atoms. The fraction of sp³-hybridized carbons (Fsp3) is 0. The first-order chi connectivity index (χ1) is 18.0. The second-order valence-corrected chi connectivity index (χ2v) is 8.10. The van der Waals surface area contributed by atoms with Crippen LogP contribution in [0.25, 0.3) is 22.5 Å². The zero-order valence-corrected chi connectivity index (χ0v) is 19.6. The second-order valence-electron chi connectivity index (χ2n) is 8.10. The van der Waals surface area contributed by atoms with Gasteiger partial charge in [-0.05, 0) is 60.7 Å². The quantitative estimate of drug-likeness (QED) is 0.192. The van der Waals surface area contributed by atoms with Crippen LogP contribution in [-0.4, -0.2) is 29.8 Å². The van der Waals surface area contributed by atoms with E-state index < -0.39 is 11.9 Å². The van der Waals surface area contributed by atoms with Gasteiger partial charge in [-0.2, -0.15) is 0 Å². The first-order valence-electron chi connectivity index (χ1n) is 11.4. The number of carbonyl (C=O) groups excluding carboxylic acids is 2. The summed E-state index contributed by atoms with van der Waals surface area (Å²) in [6, 6.07) is 29.5. The van der Waals surface area contributed by atoms with E-state index in [9.17, 15) is 9.59 Å². The number of nitrogens with zero attached hydrogens (tertiary/aromatic N) is 2. The molecular formula is C30H19BN2O4. The Kier molecular flexibility index (Phi) is 6.86. The molecule has 0 unspecified atom stereocenters. The first-order valence-corrected chi connectivity index (χ1v) is 11.4. The van der Waals surface area contributed by atoms with E-state index in [1.165, 1.54) is 18.2 Å². The van der Waals surface area contributed by atoms with Crippen LogP contribution in [0.1, 0.15) is 20.7 Å². The van der Waals surface area contributed by atoms with Gasteiger partial charge in [-0.3, -0.25) is 9.97 Å². The molecule has 5 rings (SSSR count). The van der Waals surface area contributed by atoms with E-state index in [1.807, 2.05) is 36.4 Å². The summed E-state index contributed by atoms with van der Waals surface area (Å²) in [5.41, 5.74) is 4.35. The second kappa shape index (κ2) is 10.7. The van der Waals surface area contributed by atoms with Gasteiger partial charge in [-0.25, -0.2) is 9.59 Å². The topological polar surface area (TPSA) is 78.4 Å². The molecule has 0 saturated carbocycles. The maximum atomic E-state index is 12.7. The van der Waals surface area contributed by atoms with Crippen LogP contribution in [-0.2, 0) is 0 Å². The van der Waals surface area contributed by atoms with Crippen molar-refractivity contribution in [2.75, 3.05) is 0 Å². The third-order valence-corrected chi connectivity index (χ3v) is 5.49. The molecule has 0 aliphatic rings. The monoisotopic (exact) mass is 482 g/mol. The van der Waals surface area contributed by atoms with Crippen LogP contribution in [0.4, 0.5) is 0 Å². The van der Waals surface area contributed by atoms with Crippen molar-refractivity contribution in [1.82, 2.24) is 9.97 Å². The molecule has 2 heterocycles. The van der Waals surface area contributed by atoms with E-state index in [4.69, 9.17) is 17.3 Å². The molecule has 7 heteroatoms. The average molecular weight is 482 g/mol. The fourth-order valence-electron chi connectivity index (χ4n) is 3.66. The van der Waals surface area contributed by atoms with Crippen molar-refractivity contribution >= 4 is 25.2 Å². The zero-order chi connectivity index (χ0) is 25.6. The smallest absolute Gasteiger partial charge is 0.343 e. The molecule has 37 heavy (non-hydrogen) atoms. The summed E-state index contributed by atoms with van der Waals surface area (Å²) in [5.74, 6) is -0.819. The lowest BCUT2D eigenvalue weighted by molar-refractivity contribution is 0.0733. The van der Waals surface area contributed by atoms with Gasteiger partial charge in [0.2, 0.25) is 0 Å². The number of ether oxygens (including phenoxy) is 2. The normalized spacial score (nSPS) is 10.5. The van der Waals surface area contributed by atoms with Gasteiger partial charge in [-0.1, -0.05) is 41.9 Å². The molecule has 0 atom stereocenters. The van der Waals surface area contributed by atoms with Crippen LogP contribution >= 0.6 is 0 Å². The molecule has 0 fully saturated rings. The summed E-state index contributed by atoms with van der Waals surface area (Å²) < 4.78 is 11.0. The molecule has 0 aliphatic carbocycles. The Labute approximate surface area is 215 Å². The third kappa shape index (κ3) is 5.79. The van der Waals surface area contributed by atoms with Crippen LogP contribution in [0.3, 0.4) is 0 Å². The molecule has 176 valence electrons. The Balaban J connectivity index is 1.26. The number of benzene rings is 3. The predicted octanol–water partition coefficient (Wildman–Crippen LogP) is 5.04. The molecule has 0 amide bonds. The Morgan fingerprint density at radius 2 is 1.00 bits per heavy atom. The SMILES string of the molecule is [B]c1cc(OC(=O)c2ccc(-c3ccccn3)cc2)cc(OC(=O)c2ccc(-c3ccccn3)cc2)c1. The maximum absolute atomic E-state index is 12.7. The molecule has 0 aliphatic heterocycles. The van der Waals surface area contributed by atoms with Crippen molar-refractivity contribution in [3.63, 3.8) is 0 Å². The van der Waals surface area contributed by atoms with Crippen molar-refractivity contribution in [2.45, 2.75) is 0 Å². The Morgan fingerprint density at radius 3 is 1.38 bits per heavy atom. The van der Waals surface area contributed by atoms with Gasteiger partial charge < -0.3 is 9.47 Å². The minimum Gasteiger partial charge on any atom is -0.423 e. The number of pyridine rings is 2. The summed E-state index contributed by atoms with van der Waals surface area (Å²) in [6.07, 6.45) is 3.41. The third-order valence-electron chi connectivity index (χ3n) is 5.49. The standard InChI is InChI=1S/C30H19BN2O4/c31-24-17-25(36-29(34)22-11-7-20(8-12-22)27-5-1-3-15-32-27)19-26(18-24)37-30(35)23-13-9-21(10-14-23)28-6-2-4-16-33-28/h1-19H. The van der Waals surface area contributed by atoms with E-state index in [2.05, 4.69) is 9.97 Å². The summed E-state index contributed by atoms with van der Waals surface area (Å²) in [5, 5.41) is 0. The van der Waals surface area contributed by atoms with Gasteiger partial charge in [0.1, 0.15) is 19.3 Å². The van der Waals surface area contributed by atoms with E-state index in [0.29, 0.717) is 11.1 Å². The minimum atomic E-state index is -0.569. The van der Waals surface area contributed by atoms with Crippen molar-refractivity contribution in [2.24, 2.45) is 0 Å². The summed E-state index contributed by atoms with van der Waals surface area (Å²) in [7, 11) is 5.96. The number of hydrogen-bond acceptors (Lipinski definition) is 6. The first kappa shape index (κ1) is 23.7. The molecule has 3 aromatic carbocycles. The Hall–Kier alpha value is -5.04. The Morgan fingerprint density at radius 1 is 0.568 bits per heavy atom. The molecule has 5 aromatic rings. The number of esters is 2. The molecule has 0 N–H and O–H groups in total. The molecule has 0 spiro atoms. The highest BCUT2D eigenvalue weighted by Crippen LogP contribution is 2.23. The minimum absolute atomic E-state index is 0.159. The molecule has 6 nitrogen and oxygen atoms in total. The Bertz CT molecular complexity index is 1420. The lowest BCUT2D eigenvalue weighted by Crippen LogP contribution is -2.13. The van der Waals surface area contributed by atoms with E-state index in [0.717, 1.165) is 22.5 Å². The van der Waals surface area contributed by atoms with E-state index >= 15 is 0 Å². The van der Waals surface area contributed by atoms with Crippen molar-refractivity contribution in [3.05, 3.63) is 127 Å². The number of carbonyl (C=O) groups is 2. The highest BCUT2D eigenvalue weighted by molar-refractivity contribution is 6.32. The largest absolute Gasteiger partial charge is 0.423 e. The zero-order valence-electron chi connectivity index (χ0n) is 19.6. The molecular weight excluding hydrogens is 463 g/mol. The van der Waals surface area contributed by atoms with Gasteiger partial charge in [-0.15, -0.1) is 0 Å². The average Bonchev–Trinajstić information content (AvgIpc) is 2.94. The highest BCUT2D eigenvalue weighted by atomic mass is 16.5. The van der Waals surface area contributed by atoms with Gasteiger partial charge in [0.25, 0.3) is 0 Å². The lowest BCUT2D eigenvalue weighted by Gasteiger charge is -2.10.